The Bertz CT molecular complexity index is 616. The van der Waals surface area contributed by atoms with E-state index in [1.165, 1.54) is 5.56 Å². The number of benzene rings is 1. The van der Waals surface area contributed by atoms with Crippen molar-refractivity contribution >= 4 is 17.5 Å². The van der Waals surface area contributed by atoms with Gasteiger partial charge in [0.1, 0.15) is 0 Å². The molecular weight excluding hydrogens is 316 g/mol. The third kappa shape index (κ3) is 4.80. The van der Waals surface area contributed by atoms with Crippen LogP contribution in [0.15, 0.2) is 24.3 Å². The van der Waals surface area contributed by atoms with E-state index in [1.54, 1.807) is 0 Å². The minimum Gasteiger partial charge on any atom is -0.369 e. The molecule has 1 aromatic carbocycles. The molecule has 6 heteroatoms. The summed E-state index contributed by atoms with van der Waals surface area (Å²) in [5.74, 6) is -0.130. The highest BCUT2D eigenvalue weighted by Crippen LogP contribution is 2.25. The molecule has 0 radical (unpaired) electrons. The highest BCUT2D eigenvalue weighted by Gasteiger charge is 2.27. The minimum atomic E-state index is -0.200. The quantitative estimate of drug-likeness (QED) is 0.752. The van der Waals surface area contributed by atoms with Crippen LogP contribution < -0.4 is 16.8 Å². The summed E-state index contributed by atoms with van der Waals surface area (Å²) in [4.78, 5) is 25.9. The monoisotopic (exact) mass is 344 g/mol. The van der Waals surface area contributed by atoms with Crippen LogP contribution in [0, 0.1) is 11.8 Å². The first-order valence-electron chi connectivity index (χ1n) is 9.18. The van der Waals surface area contributed by atoms with Gasteiger partial charge < -0.3 is 16.8 Å². The van der Waals surface area contributed by atoms with Crippen LogP contribution in [0.2, 0.25) is 0 Å². The first-order chi connectivity index (χ1) is 12.0. The molecule has 1 saturated carbocycles. The lowest BCUT2D eigenvalue weighted by Gasteiger charge is -2.31. The lowest BCUT2D eigenvalue weighted by atomic mass is 9.97. The standard InChI is InChI=1S/C19H28N4O2/c20-16-6-5-14(10-16)19(25)22-17-7-3-13(4-8-17)11-23-9-1-2-15(12-23)18(21)24/h3-4,7-8,14-16H,1-2,5-6,9-12,20H2,(H2,21,24)(H,22,25). The molecule has 1 aliphatic heterocycles. The summed E-state index contributed by atoms with van der Waals surface area (Å²) < 4.78 is 0. The van der Waals surface area contributed by atoms with Crippen molar-refractivity contribution in [2.45, 2.75) is 44.7 Å². The second-order valence-corrected chi connectivity index (χ2v) is 7.43. The third-order valence-electron chi connectivity index (χ3n) is 5.38. The van der Waals surface area contributed by atoms with E-state index in [4.69, 9.17) is 11.5 Å². The zero-order valence-corrected chi connectivity index (χ0v) is 14.6. The van der Waals surface area contributed by atoms with Gasteiger partial charge >= 0.3 is 0 Å². The molecule has 3 atom stereocenters. The topological polar surface area (TPSA) is 101 Å². The molecule has 0 bridgehead atoms. The van der Waals surface area contributed by atoms with Crippen LogP contribution in [0.4, 0.5) is 5.69 Å². The first kappa shape index (κ1) is 17.9. The molecule has 1 heterocycles. The van der Waals surface area contributed by atoms with Gasteiger partial charge in [0, 0.05) is 30.7 Å². The van der Waals surface area contributed by atoms with Crippen LogP contribution in [0.25, 0.3) is 0 Å². The molecular formula is C19H28N4O2. The Hall–Kier alpha value is -1.92. The average molecular weight is 344 g/mol. The van der Waals surface area contributed by atoms with E-state index in [0.29, 0.717) is 0 Å². The van der Waals surface area contributed by atoms with Crippen molar-refractivity contribution in [1.82, 2.24) is 4.90 Å². The number of anilines is 1. The van der Waals surface area contributed by atoms with E-state index >= 15 is 0 Å². The maximum atomic E-state index is 12.2. The number of nitrogens with zero attached hydrogens (tertiary/aromatic N) is 1. The van der Waals surface area contributed by atoms with Gasteiger partial charge in [-0.05, 0) is 56.3 Å². The van der Waals surface area contributed by atoms with E-state index in [0.717, 1.165) is 57.4 Å². The van der Waals surface area contributed by atoms with Crippen molar-refractivity contribution in [3.8, 4) is 0 Å². The molecule has 1 aromatic rings. The molecule has 2 amide bonds. The Morgan fingerprint density at radius 3 is 2.52 bits per heavy atom. The van der Waals surface area contributed by atoms with Crippen molar-refractivity contribution < 1.29 is 9.59 Å². The molecule has 1 aliphatic carbocycles. The summed E-state index contributed by atoms with van der Waals surface area (Å²) in [5.41, 5.74) is 13.3. The van der Waals surface area contributed by atoms with Crippen LogP contribution in [-0.2, 0) is 16.1 Å². The SMILES string of the molecule is NC(=O)C1CCCN(Cc2ccc(NC(=O)C3CCC(N)C3)cc2)C1. The van der Waals surface area contributed by atoms with Gasteiger partial charge in [-0.2, -0.15) is 0 Å². The summed E-state index contributed by atoms with van der Waals surface area (Å²) >= 11 is 0. The van der Waals surface area contributed by atoms with Crippen LogP contribution in [0.5, 0.6) is 0 Å². The molecule has 6 nitrogen and oxygen atoms in total. The normalized spacial score (nSPS) is 27.2. The van der Waals surface area contributed by atoms with Crippen LogP contribution >= 0.6 is 0 Å². The molecule has 5 N–H and O–H groups in total. The van der Waals surface area contributed by atoms with Gasteiger partial charge in [0.15, 0.2) is 0 Å². The molecule has 136 valence electrons. The summed E-state index contributed by atoms with van der Waals surface area (Å²) in [5, 5.41) is 2.99. The fourth-order valence-electron chi connectivity index (χ4n) is 3.88. The molecule has 3 rings (SSSR count). The molecule has 2 fully saturated rings. The fourth-order valence-corrected chi connectivity index (χ4v) is 3.88. The van der Waals surface area contributed by atoms with Crippen LogP contribution in [0.1, 0.15) is 37.7 Å². The van der Waals surface area contributed by atoms with Crippen molar-refractivity contribution in [2.75, 3.05) is 18.4 Å². The highest BCUT2D eigenvalue weighted by atomic mass is 16.2. The second kappa shape index (κ2) is 7.97. The Balaban J connectivity index is 1.52. The van der Waals surface area contributed by atoms with Crippen molar-refractivity contribution in [2.24, 2.45) is 23.3 Å². The minimum absolute atomic E-state index is 0.0359. The zero-order chi connectivity index (χ0) is 17.8. The highest BCUT2D eigenvalue weighted by molar-refractivity contribution is 5.92. The predicted octanol–water partition coefficient (Wildman–Crippen LogP) is 1.45. The molecule has 0 aromatic heterocycles. The fraction of sp³-hybridized carbons (Fsp3) is 0.579. The van der Waals surface area contributed by atoms with Gasteiger partial charge in [-0.3, -0.25) is 14.5 Å². The maximum absolute atomic E-state index is 12.2. The Labute approximate surface area is 148 Å². The number of carbonyl (C=O) groups excluding carboxylic acids is 2. The molecule has 1 saturated heterocycles. The van der Waals surface area contributed by atoms with E-state index in [-0.39, 0.29) is 29.7 Å². The number of primary amides is 1. The van der Waals surface area contributed by atoms with Gasteiger partial charge in [-0.1, -0.05) is 12.1 Å². The lowest BCUT2D eigenvalue weighted by Crippen LogP contribution is -2.40. The van der Waals surface area contributed by atoms with Crippen molar-refractivity contribution in [3.05, 3.63) is 29.8 Å². The largest absolute Gasteiger partial charge is 0.369 e. The number of amides is 2. The lowest BCUT2D eigenvalue weighted by molar-refractivity contribution is -0.123. The molecule has 2 aliphatic rings. The Morgan fingerprint density at radius 2 is 1.88 bits per heavy atom. The first-order valence-corrected chi connectivity index (χ1v) is 9.18. The van der Waals surface area contributed by atoms with Crippen LogP contribution in [0.3, 0.4) is 0 Å². The molecule has 0 spiro atoms. The predicted molar refractivity (Wildman–Crippen MR) is 97.6 cm³/mol. The molecule has 25 heavy (non-hydrogen) atoms. The molecule has 3 unspecified atom stereocenters. The summed E-state index contributed by atoms with van der Waals surface area (Å²) in [6, 6.07) is 8.11. The van der Waals surface area contributed by atoms with Gasteiger partial charge in [0.05, 0.1) is 5.92 Å². The summed E-state index contributed by atoms with van der Waals surface area (Å²) in [6.45, 7) is 2.52. The van der Waals surface area contributed by atoms with E-state index in [1.807, 2.05) is 24.3 Å². The smallest absolute Gasteiger partial charge is 0.227 e. The van der Waals surface area contributed by atoms with Gasteiger partial charge in [-0.25, -0.2) is 0 Å². The van der Waals surface area contributed by atoms with Crippen LogP contribution in [-0.4, -0.2) is 35.8 Å². The van der Waals surface area contributed by atoms with E-state index in [2.05, 4.69) is 10.2 Å². The number of carbonyl (C=O) groups is 2. The number of nitrogens with two attached hydrogens (primary N) is 2. The van der Waals surface area contributed by atoms with Crippen molar-refractivity contribution in [1.29, 1.82) is 0 Å². The van der Waals surface area contributed by atoms with E-state index in [9.17, 15) is 9.59 Å². The summed E-state index contributed by atoms with van der Waals surface area (Å²) in [7, 11) is 0. The Kier molecular flexibility index (Phi) is 5.71. The maximum Gasteiger partial charge on any atom is 0.227 e. The number of hydrogen-bond donors (Lipinski definition) is 3. The van der Waals surface area contributed by atoms with Gasteiger partial charge in [-0.15, -0.1) is 0 Å². The number of nitrogens with one attached hydrogen (secondary N) is 1. The number of piperidine rings is 1. The van der Waals surface area contributed by atoms with Gasteiger partial charge in [0.25, 0.3) is 0 Å². The number of rotatable bonds is 5. The zero-order valence-electron chi connectivity index (χ0n) is 14.6. The van der Waals surface area contributed by atoms with Crippen molar-refractivity contribution in [3.63, 3.8) is 0 Å². The average Bonchev–Trinajstić information content (AvgIpc) is 3.03. The second-order valence-electron chi connectivity index (χ2n) is 7.43. The van der Waals surface area contributed by atoms with Gasteiger partial charge in [0.2, 0.25) is 11.8 Å². The summed E-state index contributed by atoms with van der Waals surface area (Å²) in [6.07, 6.45) is 4.48. The third-order valence-corrected chi connectivity index (χ3v) is 5.38. The number of likely N-dealkylation sites (tertiary alicyclic amines) is 1. The Morgan fingerprint density at radius 1 is 1.12 bits per heavy atom. The van der Waals surface area contributed by atoms with E-state index < -0.39 is 0 Å². The number of hydrogen-bond acceptors (Lipinski definition) is 4.